The maximum absolute atomic E-state index is 12.6. The van der Waals surface area contributed by atoms with Crippen molar-refractivity contribution in [3.05, 3.63) is 63.9 Å². The van der Waals surface area contributed by atoms with E-state index < -0.39 is 0 Å². The van der Waals surface area contributed by atoms with Crippen LogP contribution in [0.25, 0.3) is 11.1 Å². The van der Waals surface area contributed by atoms with Gasteiger partial charge in [-0.3, -0.25) is 14.5 Å². The average Bonchev–Trinajstić information content (AvgIpc) is 3.12. The highest BCUT2D eigenvalue weighted by Gasteiger charge is 2.21. The molecular weight excluding hydrogens is 394 g/mol. The number of piperazine rings is 1. The lowest BCUT2D eigenvalue weighted by molar-refractivity contribution is 0.0951. The summed E-state index contributed by atoms with van der Waals surface area (Å²) < 4.78 is 5.45. The predicted molar refractivity (Wildman–Crippen MR) is 119 cm³/mol. The molecule has 0 unspecified atom stereocenters. The van der Waals surface area contributed by atoms with Gasteiger partial charge in [-0.05, 0) is 31.9 Å². The molecule has 1 aliphatic rings. The third-order valence-corrected chi connectivity index (χ3v) is 5.80. The fraction of sp³-hybridized carbons (Fsp3) is 0.435. The summed E-state index contributed by atoms with van der Waals surface area (Å²) in [6.07, 6.45) is 3.18. The van der Waals surface area contributed by atoms with Crippen LogP contribution in [0.3, 0.4) is 0 Å². The first-order chi connectivity index (χ1) is 15.1. The number of carbonyl (C=O) groups excluding carboxylic acids is 1. The van der Waals surface area contributed by atoms with Crippen LogP contribution in [0.4, 0.5) is 0 Å². The lowest BCUT2D eigenvalue weighted by Gasteiger charge is -2.34. The lowest BCUT2D eigenvalue weighted by Crippen LogP contribution is -2.46. The summed E-state index contributed by atoms with van der Waals surface area (Å²) in [5, 5.41) is 3.12. The monoisotopic (exact) mass is 423 g/mol. The molecule has 3 aromatic rings. The molecule has 1 amide bonds. The highest BCUT2D eigenvalue weighted by molar-refractivity contribution is 6.06. The molecule has 4 rings (SSSR count). The van der Waals surface area contributed by atoms with Crippen LogP contribution in [0.2, 0.25) is 0 Å². The smallest absolute Gasteiger partial charge is 0.262 e. The molecule has 2 aromatic heterocycles. The number of benzene rings is 1. The van der Waals surface area contributed by atoms with Gasteiger partial charge in [0.1, 0.15) is 11.1 Å². The Kier molecular flexibility index (Phi) is 6.79. The number of amides is 1. The van der Waals surface area contributed by atoms with Gasteiger partial charge in [-0.2, -0.15) is 0 Å². The van der Waals surface area contributed by atoms with Crippen LogP contribution in [0.1, 0.15) is 34.5 Å². The maximum Gasteiger partial charge on any atom is 0.262 e. The molecule has 0 atom stereocenters. The number of nitrogens with one attached hydrogen (secondary N) is 2. The summed E-state index contributed by atoms with van der Waals surface area (Å²) in [5.41, 5.74) is 1.47. The van der Waals surface area contributed by atoms with Crippen molar-refractivity contribution in [2.45, 2.75) is 26.3 Å². The van der Waals surface area contributed by atoms with E-state index in [4.69, 9.17) is 4.42 Å². The second-order valence-electron chi connectivity index (χ2n) is 8.01. The van der Waals surface area contributed by atoms with Gasteiger partial charge in [-0.25, -0.2) is 4.98 Å². The number of fused-ring (bicyclic) bond motifs is 1. The van der Waals surface area contributed by atoms with Gasteiger partial charge >= 0.3 is 0 Å². The van der Waals surface area contributed by atoms with E-state index in [0.29, 0.717) is 12.3 Å². The van der Waals surface area contributed by atoms with Gasteiger partial charge in [-0.1, -0.05) is 30.3 Å². The molecule has 0 saturated carbocycles. The van der Waals surface area contributed by atoms with Crippen molar-refractivity contribution in [3.63, 3.8) is 0 Å². The summed E-state index contributed by atoms with van der Waals surface area (Å²) in [6, 6.07) is 10.6. The first-order valence-electron chi connectivity index (χ1n) is 10.9. The summed E-state index contributed by atoms with van der Waals surface area (Å²) in [5.74, 6) is 0.120. The quantitative estimate of drug-likeness (QED) is 0.539. The molecule has 0 radical (unpaired) electrons. The first-order valence-corrected chi connectivity index (χ1v) is 10.9. The molecule has 8 nitrogen and oxygen atoms in total. The third-order valence-electron chi connectivity index (χ3n) is 5.80. The van der Waals surface area contributed by atoms with Crippen LogP contribution in [0.15, 0.2) is 45.9 Å². The van der Waals surface area contributed by atoms with E-state index in [2.05, 4.69) is 55.4 Å². The van der Waals surface area contributed by atoms with E-state index in [1.165, 1.54) is 11.9 Å². The Bertz CT molecular complexity index is 1070. The molecule has 164 valence electrons. The number of H-pyrrole nitrogens is 1. The number of aryl methyl sites for hydroxylation is 1. The van der Waals surface area contributed by atoms with E-state index in [9.17, 15) is 9.59 Å². The molecule has 1 aromatic carbocycles. The van der Waals surface area contributed by atoms with Gasteiger partial charge in [-0.15, -0.1) is 0 Å². The molecule has 0 spiro atoms. The fourth-order valence-electron chi connectivity index (χ4n) is 4.09. The lowest BCUT2D eigenvalue weighted by atomic mass is 10.1. The zero-order valence-corrected chi connectivity index (χ0v) is 17.9. The van der Waals surface area contributed by atoms with Gasteiger partial charge in [0.25, 0.3) is 11.5 Å². The van der Waals surface area contributed by atoms with Gasteiger partial charge in [0, 0.05) is 39.3 Å². The maximum atomic E-state index is 12.6. The van der Waals surface area contributed by atoms with E-state index in [-0.39, 0.29) is 28.1 Å². The van der Waals surface area contributed by atoms with Gasteiger partial charge in [0.2, 0.25) is 5.71 Å². The number of rotatable bonds is 8. The topological polar surface area (TPSA) is 94.5 Å². The second-order valence-corrected chi connectivity index (χ2v) is 8.01. The number of furan rings is 1. The van der Waals surface area contributed by atoms with Crippen LogP contribution in [0.5, 0.6) is 0 Å². The Morgan fingerprint density at radius 2 is 1.87 bits per heavy atom. The molecule has 31 heavy (non-hydrogen) atoms. The Balaban J connectivity index is 1.17. The van der Waals surface area contributed by atoms with Crippen LogP contribution >= 0.6 is 0 Å². The summed E-state index contributed by atoms with van der Waals surface area (Å²) in [6.45, 7) is 8.62. The van der Waals surface area contributed by atoms with E-state index >= 15 is 0 Å². The summed E-state index contributed by atoms with van der Waals surface area (Å²) >= 11 is 0. The zero-order chi connectivity index (χ0) is 21.6. The molecule has 8 heteroatoms. The van der Waals surface area contributed by atoms with Gasteiger partial charge in [0.05, 0.1) is 11.9 Å². The Hall–Kier alpha value is -2.97. The molecule has 0 bridgehead atoms. The summed E-state index contributed by atoms with van der Waals surface area (Å²) in [4.78, 5) is 36.1. The largest absolute Gasteiger partial charge is 0.442 e. The van der Waals surface area contributed by atoms with E-state index in [1.807, 2.05) is 0 Å². The molecule has 1 aliphatic heterocycles. The fourth-order valence-corrected chi connectivity index (χ4v) is 4.09. The van der Waals surface area contributed by atoms with Crippen molar-refractivity contribution in [1.82, 2.24) is 25.1 Å². The third kappa shape index (κ3) is 5.21. The average molecular weight is 424 g/mol. The van der Waals surface area contributed by atoms with Crippen LogP contribution in [-0.4, -0.2) is 64.9 Å². The molecule has 0 aliphatic carbocycles. The van der Waals surface area contributed by atoms with Gasteiger partial charge < -0.3 is 19.6 Å². The van der Waals surface area contributed by atoms with Crippen molar-refractivity contribution >= 4 is 17.0 Å². The normalized spacial score (nSPS) is 15.4. The standard InChI is InChI=1S/C23H29N5O3/c1-17-19(20-22(30)25-16-26-23(20)31-17)21(29)24-9-5-6-10-27-11-13-28(14-12-27)15-18-7-3-2-4-8-18/h2-4,7-8,16H,5-6,9-15H2,1H3,(H,24,29)(H,25,26,30). The number of unbranched alkanes of at least 4 members (excludes halogenated alkanes) is 1. The number of carbonyl (C=O) groups is 1. The van der Waals surface area contributed by atoms with Crippen molar-refractivity contribution < 1.29 is 9.21 Å². The number of aromatic nitrogens is 2. The highest BCUT2D eigenvalue weighted by Crippen LogP contribution is 2.20. The van der Waals surface area contributed by atoms with Crippen LogP contribution < -0.4 is 10.9 Å². The van der Waals surface area contributed by atoms with Crippen molar-refractivity contribution in [2.75, 3.05) is 39.3 Å². The molecule has 1 saturated heterocycles. The van der Waals surface area contributed by atoms with E-state index in [1.54, 1.807) is 6.92 Å². The molecular formula is C23H29N5O3. The second kappa shape index (κ2) is 9.89. The van der Waals surface area contributed by atoms with Gasteiger partial charge in [0.15, 0.2) is 0 Å². The van der Waals surface area contributed by atoms with Crippen LogP contribution in [-0.2, 0) is 6.54 Å². The number of hydrogen-bond acceptors (Lipinski definition) is 6. The van der Waals surface area contributed by atoms with E-state index in [0.717, 1.165) is 52.1 Å². The molecule has 3 heterocycles. The summed E-state index contributed by atoms with van der Waals surface area (Å²) in [7, 11) is 0. The van der Waals surface area contributed by atoms with Crippen molar-refractivity contribution in [1.29, 1.82) is 0 Å². The Morgan fingerprint density at radius 3 is 2.65 bits per heavy atom. The van der Waals surface area contributed by atoms with Crippen molar-refractivity contribution in [3.8, 4) is 0 Å². The Morgan fingerprint density at radius 1 is 1.13 bits per heavy atom. The van der Waals surface area contributed by atoms with Crippen LogP contribution in [0, 0.1) is 6.92 Å². The SMILES string of the molecule is Cc1oc2nc[nH]c(=O)c2c1C(=O)NCCCCN1CCN(Cc2ccccc2)CC1. The first kappa shape index (κ1) is 21.3. The minimum absolute atomic E-state index is 0.192. The Labute approximate surface area is 181 Å². The van der Waals surface area contributed by atoms with Crippen molar-refractivity contribution in [2.24, 2.45) is 0 Å². The number of aromatic amines is 1. The number of nitrogens with zero attached hydrogens (tertiary/aromatic N) is 3. The minimum atomic E-state index is -0.363. The minimum Gasteiger partial charge on any atom is -0.442 e. The molecule has 2 N–H and O–H groups in total. The predicted octanol–water partition coefficient (Wildman–Crippen LogP) is 2.15. The highest BCUT2D eigenvalue weighted by atomic mass is 16.3. The molecule has 1 fully saturated rings. The zero-order valence-electron chi connectivity index (χ0n) is 17.9. The number of hydrogen-bond donors (Lipinski definition) is 2.